The lowest BCUT2D eigenvalue weighted by molar-refractivity contribution is -0.122. The number of nitrogens with one attached hydrogen (secondary N) is 3. The van der Waals surface area contributed by atoms with Crippen LogP contribution in [-0.4, -0.2) is 112 Å². The first-order valence-corrected chi connectivity index (χ1v) is 21.8. The molecule has 1 unspecified atom stereocenters. The smallest absolute Gasteiger partial charge is 0.230 e. The summed E-state index contributed by atoms with van der Waals surface area (Å²) in [6.45, 7) is 4.96. The molecular formula is C48H59N3O13. The van der Waals surface area contributed by atoms with Crippen LogP contribution in [0.2, 0.25) is 0 Å². The summed E-state index contributed by atoms with van der Waals surface area (Å²) in [5.74, 6) is -1.94. The summed E-state index contributed by atoms with van der Waals surface area (Å²) in [6.07, 6.45) is 4.22. The maximum Gasteiger partial charge on any atom is 0.230 e. The summed E-state index contributed by atoms with van der Waals surface area (Å²) in [6, 6.07) is 2.91. The molecule has 0 saturated carbocycles. The number of anilines is 1. The van der Waals surface area contributed by atoms with Crippen LogP contribution >= 0.6 is 0 Å². The number of carbonyl (C=O) groups excluding carboxylic acids is 3. The summed E-state index contributed by atoms with van der Waals surface area (Å²) in [7, 11) is 2.94. The van der Waals surface area contributed by atoms with Crippen molar-refractivity contribution in [2.75, 3.05) is 78.8 Å². The van der Waals surface area contributed by atoms with Crippen molar-refractivity contribution < 1.29 is 53.8 Å². The predicted molar refractivity (Wildman–Crippen MR) is 245 cm³/mol. The summed E-state index contributed by atoms with van der Waals surface area (Å²) in [5.41, 5.74) is 1.70. The second kappa shape index (κ2) is 21.9. The largest absolute Gasteiger partial charge is 0.507 e. The molecular weight excluding hydrogens is 827 g/mol. The molecule has 0 heterocycles. The molecule has 0 fully saturated rings. The fraction of sp³-hybridized carbons (Fsp3) is 0.479. The van der Waals surface area contributed by atoms with Crippen LogP contribution in [0, 0.1) is 0 Å². The number of ketones is 1. The van der Waals surface area contributed by atoms with Crippen molar-refractivity contribution in [1.29, 1.82) is 0 Å². The van der Waals surface area contributed by atoms with Crippen LogP contribution in [-0.2, 0) is 48.2 Å². The zero-order chi connectivity index (χ0) is 46.1. The van der Waals surface area contributed by atoms with Crippen molar-refractivity contribution in [3.63, 3.8) is 0 Å². The van der Waals surface area contributed by atoms with E-state index in [0.29, 0.717) is 138 Å². The number of hydrogen-bond acceptors (Lipinski definition) is 14. The third-order valence-corrected chi connectivity index (χ3v) is 11.9. The van der Waals surface area contributed by atoms with Gasteiger partial charge in [-0.1, -0.05) is 11.6 Å². The van der Waals surface area contributed by atoms with Crippen molar-refractivity contribution in [1.82, 2.24) is 10.6 Å². The van der Waals surface area contributed by atoms with Gasteiger partial charge in [-0.2, -0.15) is 0 Å². The number of phenols is 1. The van der Waals surface area contributed by atoms with Crippen LogP contribution in [0.3, 0.4) is 0 Å². The van der Waals surface area contributed by atoms with Crippen LogP contribution in [0.1, 0.15) is 86.1 Å². The highest BCUT2D eigenvalue weighted by atomic mass is 16.5. The highest BCUT2D eigenvalue weighted by Gasteiger charge is 2.36. The molecule has 7 N–H and O–H groups in total. The average Bonchev–Trinajstić information content (AvgIpc) is 3.40. The number of fused-ring (bicyclic) bond motifs is 1. The maximum atomic E-state index is 15.0. The Morgan fingerprint density at radius 1 is 0.703 bits per heavy atom. The SMILES string of the molecule is COCCOCCNC(=O)CCCCc1c(O)c2c(=O)cc(CO)c3c4c(CO)cc(NCCCC(=O)NCCOCCCO)c5c(=O)c(OC)c6c(c(c1C=C(C)C6C(C)=O)c23)c54. The third-order valence-electron chi connectivity index (χ3n) is 11.9. The van der Waals surface area contributed by atoms with E-state index in [2.05, 4.69) is 16.0 Å². The fourth-order valence-electron chi connectivity index (χ4n) is 9.18. The number of amides is 2. The van der Waals surface area contributed by atoms with Gasteiger partial charge in [-0.25, -0.2) is 0 Å². The zero-order valence-electron chi connectivity index (χ0n) is 37.0. The Morgan fingerprint density at radius 2 is 1.34 bits per heavy atom. The summed E-state index contributed by atoms with van der Waals surface area (Å²) >= 11 is 0. The van der Waals surface area contributed by atoms with Crippen molar-refractivity contribution in [2.45, 2.75) is 77.9 Å². The van der Waals surface area contributed by atoms with Crippen molar-refractivity contribution >= 4 is 72.5 Å². The van der Waals surface area contributed by atoms with Gasteiger partial charge in [0.25, 0.3) is 0 Å². The molecule has 1 aliphatic carbocycles. The Hall–Kier alpha value is -5.49. The Balaban J connectivity index is 1.50. The number of unbranched alkanes of at least 4 members (excludes halogenated alkanes) is 1. The lowest BCUT2D eigenvalue weighted by Gasteiger charge is -2.26. The Morgan fingerprint density at radius 3 is 1.97 bits per heavy atom. The molecule has 0 bridgehead atoms. The van der Waals surface area contributed by atoms with Gasteiger partial charge in [0.05, 0.1) is 63.4 Å². The molecule has 1 atom stereocenters. The van der Waals surface area contributed by atoms with Gasteiger partial charge >= 0.3 is 0 Å². The summed E-state index contributed by atoms with van der Waals surface area (Å²) in [5, 5.41) is 54.7. The number of methoxy groups -OCH3 is 2. The highest BCUT2D eigenvalue weighted by Crippen LogP contribution is 2.54. The lowest BCUT2D eigenvalue weighted by Crippen LogP contribution is -2.27. The molecule has 2 amide bonds. The molecule has 1 aliphatic rings. The minimum atomic E-state index is -0.975. The fourth-order valence-corrected chi connectivity index (χ4v) is 9.18. The van der Waals surface area contributed by atoms with Crippen LogP contribution in [0.15, 0.2) is 27.3 Å². The second-order valence-electron chi connectivity index (χ2n) is 16.1. The molecule has 16 heteroatoms. The van der Waals surface area contributed by atoms with Crippen molar-refractivity contribution in [2.24, 2.45) is 0 Å². The van der Waals surface area contributed by atoms with Crippen LogP contribution in [0.5, 0.6) is 11.5 Å². The van der Waals surface area contributed by atoms with Crippen LogP contribution in [0.25, 0.3) is 49.2 Å². The van der Waals surface area contributed by atoms with Crippen molar-refractivity contribution in [3.8, 4) is 11.5 Å². The van der Waals surface area contributed by atoms with Crippen LogP contribution in [0.4, 0.5) is 5.69 Å². The number of benzene rings is 5. The lowest BCUT2D eigenvalue weighted by atomic mass is 9.78. The number of aliphatic hydroxyl groups is 3. The Labute approximate surface area is 370 Å². The average molecular weight is 886 g/mol. The third kappa shape index (κ3) is 9.62. The van der Waals surface area contributed by atoms with Gasteiger partial charge in [-0.15, -0.1) is 0 Å². The summed E-state index contributed by atoms with van der Waals surface area (Å²) < 4.78 is 21.7. The predicted octanol–water partition coefficient (Wildman–Crippen LogP) is 3.88. The Bertz CT molecular complexity index is 2660. The number of carbonyl (C=O) groups is 3. The first-order valence-electron chi connectivity index (χ1n) is 21.8. The van der Waals surface area contributed by atoms with E-state index in [1.807, 2.05) is 6.08 Å². The minimum absolute atomic E-state index is 0.00417. The summed E-state index contributed by atoms with van der Waals surface area (Å²) in [4.78, 5) is 68.3. The van der Waals surface area contributed by atoms with Crippen LogP contribution < -0.4 is 31.5 Å². The quantitative estimate of drug-likeness (QED) is 0.0237. The van der Waals surface area contributed by atoms with E-state index in [1.165, 1.54) is 20.1 Å². The number of aliphatic hydroxyl groups excluding tert-OH is 3. The molecule has 6 rings (SSSR count). The number of ether oxygens (including phenoxy) is 4. The van der Waals surface area contributed by atoms with Gasteiger partial charge in [0.15, 0.2) is 11.2 Å². The molecule has 344 valence electrons. The van der Waals surface area contributed by atoms with Gasteiger partial charge in [0, 0.05) is 80.4 Å². The molecule has 5 aromatic carbocycles. The number of allylic oxidation sites excluding steroid dienone is 1. The van der Waals surface area contributed by atoms with E-state index < -0.39 is 30.0 Å². The Kier molecular flexibility index (Phi) is 16.4. The van der Waals surface area contributed by atoms with E-state index in [-0.39, 0.29) is 77.8 Å². The first kappa shape index (κ1) is 48.0. The van der Waals surface area contributed by atoms with Gasteiger partial charge < -0.3 is 55.3 Å². The molecule has 0 saturated heterocycles. The van der Waals surface area contributed by atoms with E-state index in [0.717, 1.165) is 0 Å². The molecule has 0 aliphatic heterocycles. The number of phenolic OH excluding ortho intramolecular Hbond substituents is 1. The number of hydrogen-bond donors (Lipinski definition) is 7. The van der Waals surface area contributed by atoms with E-state index in [9.17, 15) is 39.3 Å². The standard InChI is InChI=1S/C48H59N3O13/c1-26-21-31-30(9-5-6-10-34(57)50-14-18-64-20-19-61-3)46(59)41-33(56)23-29(25-54)38-37-28(24-53)22-32(49-12-7-11-35(58)51-13-17-63-16-8-15-52)40-43(37)44(39(31)42(38)41)45(36(26)27(2)55)48(62-4)47(40)60/h21-23,36,49,52-54,59H,5-20,24-25H2,1-4H3,(H,50,57)(H,51,58). The molecule has 64 heavy (non-hydrogen) atoms. The monoisotopic (exact) mass is 885 g/mol. The number of rotatable bonds is 26. The molecule has 5 aromatic rings. The van der Waals surface area contributed by atoms with Gasteiger partial charge in [0.1, 0.15) is 11.5 Å². The van der Waals surface area contributed by atoms with Gasteiger partial charge in [-0.3, -0.25) is 24.0 Å². The van der Waals surface area contributed by atoms with Gasteiger partial charge in [0.2, 0.25) is 17.2 Å². The van der Waals surface area contributed by atoms with E-state index in [4.69, 9.17) is 24.1 Å². The normalized spacial score (nSPS) is 13.6. The second-order valence-corrected chi connectivity index (χ2v) is 16.1. The first-order chi connectivity index (χ1) is 30.9. The molecule has 0 spiro atoms. The molecule has 0 aromatic heterocycles. The highest BCUT2D eigenvalue weighted by molar-refractivity contribution is 6.39. The number of aromatic hydroxyl groups is 1. The van der Waals surface area contributed by atoms with E-state index >= 15 is 0 Å². The van der Waals surface area contributed by atoms with E-state index in [1.54, 1.807) is 20.1 Å². The molecule has 16 nitrogen and oxygen atoms in total. The minimum Gasteiger partial charge on any atom is -0.507 e. The topological polar surface area (TPSA) is 239 Å². The maximum absolute atomic E-state index is 15.0. The molecule has 0 radical (unpaired) electrons. The number of Topliss-reactive ketones (excluding diaryl/α,β-unsaturated/α-hetero) is 1. The van der Waals surface area contributed by atoms with Crippen molar-refractivity contribution in [3.05, 3.63) is 66.0 Å². The zero-order valence-corrected chi connectivity index (χ0v) is 37.0. The van der Waals surface area contributed by atoms with Gasteiger partial charge in [-0.05, 0) is 96.3 Å².